The van der Waals surface area contributed by atoms with Gasteiger partial charge >= 0.3 is 0 Å². The second-order valence-electron chi connectivity index (χ2n) is 6.00. The highest BCUT2D eigenvalue weighted by molar-refractivity contribution is 5.78. The summed E-state index contributed by atoms with van der Waals surface area (Å²) in [6.45, 7) is 3.40. The Morgan fingerprint density at radius 3 is 2.92 bits per heavy atom. The van der Waals surface area contributed by atoms with Crippen molar-refractivity contribution in [3.63, 3.8) is 0 Å². The van der Waals surface area contributed by atoms with Crippen molar-refractivity contribution in [2.75, 3.05) is 19.6 Å². The molecule has 3 rings (SSSR count). The molecule has 2 N–H and O–H groups in total. The van der Waals surface area contributed by atoms with Crippen molar-refractivity contribution in [3.8, 4) is 11.6 Å². The number of aryl methyl sites for hydroxylation is 1. The molecule has 1 atom stereocenters. The van der Waals surface area contributed by atoms with Crippen molar-refractivity contribution >= 4 is 5.91 Å². The molecule has 0 aliphatic carbocycles. The molecule has 1 unspecified atom stereocenters. The lowest BCUT2D eigenvalue weighted by atomic mass is 9.94. The molecule has 2 aromatic rings. The van der Waals surface area contributed by atoms with Crippen LogP contribution in [0, 0.1) is 6.92 Å². The zero-order valence-electron chi connectivity index (χ0n) is 13.8. The van der Waals surface area contributed by atoms with Gasteiger partial charge in [-0.1, -0.05) is 18.2 Å². The Hall–Kier alpha value is -2.47. The topological polar surface area (TPSA) is 81.3 Å². The predicted molar refractivity (Wildman–Crippen MR) is 90.9 cm³/mol. The molecule has 1 aromatic carbocycles. The van der Waals surface area contributed by atoms with Gasteiger partial charge in [0, 0.05) is 31.4 Å². The van der Waals surface area contributed by atoms with E-state index in [1.54, 1.807) is 17.3 Å². The number of carbonyl (C=O) groups excluding carboxylic acids is 1. The molecule has 1 aromatic heterocycles. The molecule has 0 bridgehead atoms. The molecule has 1 fully saturated rings. The van der Waals surface area contributed by atoms with Crippen LogP contribution in [0.3, 0.4) is 0 Å². The van der Waals surface area contributed by atoms with Crippen molar-refractivity contribution in [3.05, 3.63) is 47.9 Å². The Morgan fingerprint density at radius 2 is 2.12 bits per heavy atom. The number of nitrogens with zero attached hydrogens (tertiary/aromatic N) is 3. The normalized spacial score (nSPS) is 17.6. The van der Waals surface area contributed by atoms with Crippen LogP contribution in [-0.4, -0.2) is 40.4 Å². The van der Waals surface area contributed by atoms with Gasteiger partial charge in [0.15, 0.2) is 0 Å². The number of nitrogens with two attached hydrogens (primary N) is 1. The molecule has 1 saturated heterocycles. The second-order valence-corrected chi connectivity index (χ2v) is 6.00. The zero-order valence-corrected chi connectivity index (χ0v) is 13.8. The minimum absolute atomic E-state index is 0.0232. The van der Waals surface area contributed by atoms with Crippen LogP contribution in [0.1, 0.15) is 30.0 Å². The van der Waals surface area contributed by atoms with Gasteiger partial charge in [-0.3, -0.25) is 9.78 Å². The number of hydrogen-bond donors (Lipinski definition) is 1. The van der Waals surface area contributed by atoms with E-state index in [-0.39, 0.29) is 18.4 Å². The summed E-state index contributed by atoms with van der Waals surface area (Å²) in [6, 6.07) is 7.81. The minimum Gasteiger partial charge on any atom is -0.437 e. The summed E-state index contributed by atoms with van der Waals surface area (Å²) in [5, 5.41) is 0. The van der Waals surface area contributed by atoms with Crippen molar-refractivity contribution in [2.45, 2.75) is 25.7 Å². The molecular formula is C18H22N4O2. The molecule has 1 aliphatic heterocycles. The van der Waals surface area contributed by atoms with E-state index in [9.17, 15) is 4.79 Å². The van der Waals surface area contributed by atoms with Crippen molar-refractivity contribution in [1.29, 1.82) is 0 Å². The van der Waals surface area contributed by atoms with Crippen molar-refractivity contribution < 1.29 is 9.53 Å². The first-order valence-electron chi connectivity index (χ1n) is 8.21. The average molecular weight is 326 g/mol. The fourth-order valence-corrected chi connectivity index (χ4v) is 3.03. The van der Waals surface area contributed by atoms with E-state index in [4.69, 9.17) is 10.5 Å². The molecule has 1 aliphatic rings. The highest BCUT2D eigenvalue weighted by atomic mass is 16.5. The Morgan fingerprint density at radius 1 is 1.33 bits per heavy atom. The third kappa shape index (κ3) is 3.54. The molecule has 126 valence electrons. The molecule has 0 saturated carbocycles. The lowest BCUT2D eigenvalue weighted by Gasteiger charge is -2.32. The van der Waals surface area contributed by atoms with E-state index in [0.717, 1.165) is 36.4 Å². The van der Waals surface area contributed by atoms with Gasteiger partial charge in [-0.15, -0.1) is 0 Å². The van der Waals surface area contributed by atoms with Crippen LogP contribution in [0.25, 0.3) is 0 Å². The molecule has 0 radical (unpaired) electrons. The number of aromatic nitrogens is 2. The fourth-order valence-electron chi connectivity index (χ4n) is 3.03. The highest BCUT2D eigenvalue weighted by Gasteiger charge is 2.28. The molecular weight excluding hydrogens is 304 g/mol. The summed E-state index contributed by atoms with van der Waals surface area (Å²) in [5.74, 6) is 1.37. The van der Waals surface area contributed by atoms with Gasteiger partial charge in [0.25, 0.3) is 0 Å². The van der Waals surface area contributed by atoms with Gasteiger partial charge in [0.05, 0.1) is 6.54 Å². The minimum atomic E-state index is -0.0232. The Balaban J connectivity index is 1.84. The van der Waals surface area contributed by atoms with Crippen molar-refractivity contribution in [2.24, 2.45) is 5.73 Å². The van der Waals surface area contributed by atoms with Crippen LogP contribution in [0.4, 0.5) is 0 Å². The summed E-state index contributed by atoms with van der Waals surface area (Å²) < 4.78 is 6.01. The molecule has 2 heterocycles. The Labute approximate surface area is 141 Å². The predicted octanol–water partition coefficient (Wildman–Crippen LogP) is 2.24. The summed E-state index contributed by atoms with van der Waals surface area (Å²) in [6.07, 6.45) is 5.18. The Bertz CT molecular complexity index is 720. The molecule has 24 heavy (non-hydrogen) atoms. The average Bonchev–Trinajstić information content (AvgIpc) is 2.63. The van der Waals surface area contributed by atoms with Gasteiger partial charge in [0.2, 0.25) is 11.8 Å². The van der Waals surface area contributed by atoms with Gasteiger partial charge in [0.1, 0.15) is 11.4 Å². The maximum Gasteiger partial charge on any atom is 0.241 e. The number of likely N-dealkylation sites (tertiary alicyclic amines) is 1. The van der Waals surface area contributed by atoms with E-state index in [0.29, 0.717) is 12.4 Å². The molecule has 6 heteroatoms. The molecule has 6 nitrogen and oxygen atoms in total. The summed E-state index contributed by atoms with van der Waals surface area (Å²) in [4.78, 5) is 22.6. The maximum absolute atomic E-state index is 11.9. The SMILES string of the molecule is Cc1ccccc1Oc1nccnc1C1CCCN(C(=O)CN)C1. The number of amides is 1. The third-order valence-corrected chi connectivity index (χ3v) is 4.33. The lowest BCUT2D eigenvalue weighted by molar-refractivity contribution is -0.130. The van der Waals surface area contributed by atoms with Gasteiger partial charge in [-0.25, -0.2) is 4.98 Å². The monoisotopic (exact) mass is 326 g/mol. The smallest absolute Gasteiger partial charge is 0.241 e. The zero-order chi connectivity index (χ0) is 16.9. The number of carbonyl (C=O) groups is 1. The number of piperidine rings is 1. The van der Waals surface area contributed by atoms with Crippen molar-refractivity contribution in [1.82, 2.24) is 14.9 Å². The highest BCUT2D eigenvalue weighted by Crippen LogP contribution is 2.33. The summed E-state index contributed by atoms with van der Waals surface area (Å²) in [7, 11) is 0. The molecule has 1 amide bonds. The van der Waals surface area contributed by atoms with E-state index >= 15 is 0 Å². The third-order valence-electron chi connectivity index (χ3n) is 4.33. The number of para-hydroxylation sites is 1. The first-order valence-corrected chi connectivity index (χ1v) is 8.21. The lowest BCUT2D eigenvalue weighted by Crippen LogP contribution is -2.42. The van der Waals surface area contributed by atoms with E-state index in [1.165, 1.54) is 0 Å². The van der Waals surface area contributed by atoms with Crippen LogP contribution in [0.5, 0.6) is 11.6 Å². The number of rotatable bonds is 4. The van der Waals surface area contributed by atoms with Crippen LogP contribution >= 0.6 is 0 Å². The largest absolute Gasteiger partial charge is 0.437 e. The second kappa shape index (κ2) is 7.40. The van der Waals surface area contributed by atoms with E-state index in [2.05, 4.69) is 9.97 Å². The number of hydrogen-bond acceptors (Lipinski definition) is 5. The maximum atomic E-state index is 11.9. The Kier molecular flexibility index (Phi) is 5.05. The molecule has 0 spiro atoms. The van der Waals surface area contributed by atoms with Crippen LogP contribution in [0.15, 0.2) is 36.7 Å². The van der Waals surface area contributed by atoms with E-state index in [1.807, 2.05) is 31.2 Å². The summed E-state index contributed by atoms with van der Waals surface area (Å²) in [5.41, 5.74) is 7.33. The number of ether oxygens (including phenoxy) is 1. The van der Waals surface area contributed by atoms with Gasteiger partial charge in [-0.2, -0.15) is 0 Å². The first-order chi connectivity index (χ1) is 11.7. The van der Waals surface area contributed by atoms with Gasteiger partial charge < -0.3 is 15.4 Å². The van der Waals surface area contributed by atoms with Gasteiger partial charge in [-0.05, 0) is 31.4 Å². The first kappa shape index (κ1) is 16.4. The fraction of sp³-hybridized carbons (Fsp3) is 0.389. The van der Waals surface area contributed by atoms with Crippen LogP contribution in [-0.2, 0) is 4.79 Å². The van der Waals surface area contributed by atoms with E-state index < -0.39 is 0 Å². The summed E-state index contributed by atoms with van der Waals surface area (Å²) >= 11 is 0. The van der Waals surface area contributed by atoms with Crippen LogP contribution in [0.2, 0.25) is 0 Å². The standard InChI is InChI=1S/C18H22N4O2/c1-13-5-2-3-7-15(13)24-18-17(20-8-9-21-18)14-6-4-10-22(12-14)16(23)11-19/h2-3,5,7-9,14H,4,6,10-12,19H2,1H3. The van der Waals surface area contributed by atoms with Crippen LogP contribution < -0.4 is 10.5 Å². The number of benzene rings is 1. The quantitative estimate of drug-likeness (QED) is 0.932.